The number of nitrogens with two attached hydrogens (primary N) is 1. The van der Waals surface area contributed by atoms with Gasteiger partial charge in [0.05, 0.1) is 18.3 Å². The number of halogens is 1. The lowest BCUT2D eigenvalue weighted by Crippen LogP contribution is -2.10. The highest BCUT2D eigenvalue weighted by Gasteiger charge is 2.05. The van der Waals surface area contributed by atoms with E-state index in [1.165, 1.54) is 0 Å². The molecule has 3 heteroatoms. The van der Waals surface area contributed by atoms with Gasteiger partial charge in [-0.2, -0.15) is 5.26 Å². The molecule has 0 fully saturated rings. The topological polar surface area (TPSA) is 49.8 Å². The van der Waals surface area contributed by atoms with Crippen molar-refractivity contribution in [1.82, 2.24) is 0 Å². The molecule has 1 rings (SSSR count). The molecule has 2 nitrogen and oxygen atoms in total. The highest BCUT2D eigenvalue weighted by Crippen LogP contribution is 2.15. The van der Waals surface area contributed by atoms with E-state index in [4.69, 9.17) is 11.0 Å². The predicted octanol–water partition coefficient (Wildman–Crippen LogP) is 1.92. The lowest BCUT2D eigenvalue weighted by Gasteiger charge is -2.09. The molecule has 13 heavy (non-hydrogen) atoms. The summed E-state index contributed by atoms with van der Waals surface area (Å²) in [4.78, 5) is 0. The van der Waals surface area contributed by atoms with E-state index in [-0.39, 0.29) is 6.04 Å². The molecule has 0 aromatic heterocycles. The summed E-state index contributed by atoms with van der Waals surface area (Å²) in [6.07, 6.45) is 0.300. The Morgan fingerprint density at radius 3 is 2.92 bits per heavy atom. The molecule has 68 valence electrons. The average molecular weight is 178 g/mol. The summed E-state index contributed by atoms with van der Waals surface area (Å²) in [7, 11) is 0. The maximum absolute atomic E-state index is 12.0. The van der Waals surface area contributed by atoms with Crippen LogP contribution in [0.1, 0.15) is 23.6 Å². The maximum Gasteiger partial charge on any atom is 0.0991 e. The highest BCUT2D eigenvalue weighted by molar-refractivity contribution is 5.34. The van der Waals surface area contributed by atoms with Crippen molar-refractivity contribution in [3.05, 3.63) is 35.4 Å². The van der Waals surface area contributed by atoms with Crippen LogP contribution in [0.3, 0.4) is 0 Å². The standard InChI is InChI=1S/C10H11FN2/c11-5-4-10(13)9-3-1-2-8(6-9)7-12/h1-3,6,10H,4-5,13H2/t10-/m1/s1. The van der Waals surface area contributed by atoms with Gasteiger partial charge in [0.2, 0.25) is 0 Å². The first-order chi connectivity index (χ1) is 6.27. The van der Waals surface area contributed by atoms with Crippen LogP contribution >= 0.6 is 0 Å². The van der Waals surface area contributed by atoms with Crippen molar-refractivity contribution in [2.75, 3.05) is 6.67 Å². The quantitative estimate of drug-likeness (QED) is 0.768. The van der Waals surface area contributed by atoms with Gasteiger partial charge < -0.3 is 5.73 Å². The first-order valence-corrected chi connectivity index (χ1v) is 4.09. The summed E-state index contributed by atoms with van der Waals surface area (Å²) < 4.78 is 12.0. The van der Waals surface area contributed by atoms with Crippen LogP contribution in [-0.4, -0.2) is 6.67 Å². The normalized spacial score (nSPS) is 12.1. The third-order valence-corrected chi connectivity index (χ3v) is 1.86. The van der Waals surface area contributed by atoms with Gasteiger partial charge in [0.15, 0.2) is 0 Å². The van der Waals surface area contributed by atoms with Gasteiger partial charge in [-0.05, 0) is 24.1 Å². The number of rotatable bonds is 3. The van der Waals surface area contributed by atoms with Gasteiger partial charge in [-0.25, -0.2) is 0 Å². The minimum atomic E-state index is -0.433. The minimum Gasteiger partial charge on any atom is -0.324 e. The Morgan fingerprint density at radius 2 is 2.31 bits per heavy atom. The molecule has 0 aliphatic rings. The molecule has 0 bridgehead atoms. The third-order valence-electron chi connectivity index (χ3n) is 1.86. The Kier molecular flexibility index (Phi) is 3.41. The van der Waals surface area contributed by atoms with Crippen LogP contribution in [0.5, 0.6) is 0 Å². The summed E-state index contributed by atoms with van der Waals surface area (Å²) in [5, 5.41) is 8.61. The lowest BCUT2D eigenvalue weighted by molar-refractivity contribution is 0.442. The Labute approximate surface area is 76.8 Å². The lowest BCUT2D eigenvalue weighted by atomic mass is 10.0. The summed E-state index contributed by atoms with van der Waals surface area (Å²) in [5.41, 5.74) is 7.06. The van der Waals surface area contributed by atoms with Crippen LogP contribution < -0.4 is 5.73 Å². The van der Waals surface area contributed by atoms with Crippen molar-refractivity contribution in [2.45, 2.75) is 12.5 Å². The van der Waals surface area contributed by atoms with Gasteiger partial charge in [-0.3, -0.25) is 4.39 Å². The van der Waals surface area contributed by atoms with E-state index >= 15 is 0 Å². The summed E-state index contributed by atoms with van der Waals surface area (Å²) in [6, 6.07) is 8.67. The van der Waals surface area contributed by atoms with Gasteiger partial charge in [0, 0.05) is 6.04 Å². The molecule has 0 spiro atoms. The number of hydrogen-bond acceptors (Lipinski definition) is 2. The zero-order chi connectivity index (χ0) is 9.68. The van der Waals surface area contributed by atoms with Gasteiger partial charge >= 0.3 is 0 Å². The fraction of sp³-hybridized carbons (Fsp3) is 0.300. The largest absolute Gasteiger partial charge is 0.324 e. The van der Waals surface area contributed by atoms with Crippen LogP contribution in [0.4, 0.5) is 4.39 Å². The molecule has 0 aliphatic heterocycles. The molecular formula is C10H11FN2. The molecule has 2 N–H and O–H groups in total. The molecule has 0 amide bonds. The number of nitrogens with zero attached hydrogens (tertiary/aromatic N) is 1. The predicted molar refractivity (Wildman–Crippen MR) is 48.7 cm³/mol. The van der Waals surface area contributed by atoms with Gasteiger partial charge in [-0.15, -0.1) is 0 Å². The van der Waals surface area contributed by atoms with Gasteiger partial charge in [-0.1, -0.05) is 12.1 Å². The zero-order valence-corrected chi connectivity index (χ0v) is 7.20. The van der Waals surface area contributed by atoms with Crippen molar-refractivity contribution in [3.8, 4) is 6.07 Å². The van der Waals surface area contributed by atoms with Crippen LogP contribution in [0, 0.1) is 11.3 Å². The molecule has 1 aromatic rings. The first-order valence-electron chi connectivity index (χ1n) is 4.09. The molecule has 0 radical (unpaired) electrons. The van der Waals surface area contributed by atoms with E-state index in [1.54, 1.807) is 24.3 Å². The zero-order valence-electron chi connectivity index (χ0n) is 7.20. The highest BCUT2D eigenvalue weighted by atomic mass is 19.1. The van der Waals surface area contributed by atoms with Crippen molar-refractivity contribution < 1.29 is 4.39 Å². The van der Waals surface area contributed by atoms with E-state index in [0.29, 0.717) is 12.0 Å². The van der Waals surface area contributed by atoms with Crippen molar-refractivity contribution >= 4 is 0 Å². The molecule has 1 aromatic carbocycles. The van der Waals surface area contributed by atoms with Crippen LogP contribution in [0.25, 0.3) is 0 Å². The van der Waals surface area contributed by atoms with E-state index in [0.717, 1.165) is 5.56 Å². The maximum atomic E-state index is 12.0. The number of hydrogen-bond donors (Lipinski definition) is 1. The van der Waals surface area contributed by atoms with Crippen LogP contribution in [0.15, 0.2) is 24.3 Å². The van der Waals surface area contributed by atoms with Crippen molar-refractivity contribution in [2.24, 2.45) is 5.73 Å². The van der Waals surface area contributed by atoms with Crippen LogP contribution in [-0.2, 0) is 0 Å². The average Bonchev–Trinajstić information content (AvgIpc) is 2.18. The first kappa shape index (κ1) is 9.69. The smallest absolute Gasteiger partial charge is 0.0991 e. The Hall–Kier alpha value is -1.40. The fourth-order valence-corrected chi connectivity index (χ4v) is 1.12. The molecule has 0 unspecified atom stereocenters. The van der Waals surface area contributed by atoms with Crippen molar-refractivity contribution in [3.63, 3.8) is 0 Å². The molecule has 0 saturated heterocycles. The van der Waals surface area contributed by atoms with Gasteiger partial charge in [0.25, 0.3) is 0 Å². The third kappa shape index (κ3) is 2.53. The number of nitriles is 1. The SMILES string of the molecule is N#Cc1cccc([C@H](N)CCF)c1. The second-order valence-corrected chi connectivity index (χ2v) is 2.82. The molecule has 1 atom stereocenters. The van der Waals surface area contributed by atoms with E-state index in [2.05, 4.69) is 0 Å². The second kappa shape index (κ2) is 4.58. The van der Waals surface area contributed by atoms with E-state index in [9.17, 15) is 4.39 Å². The molecule has 0 saturated carbocycles. The fourth-order valence-electron chi connectivity index (χ4n) is 1.12. The number of benzene rings is 1. The van der Waals surface area contributed by atoms with E-state index < -0.39 is 6.67 Å². The van der Waals surface area contributed by atoms with E-state index in [1.807, 2.05) is 6.07 Å². The monoisotopic (exact) mass is 178 g/mol. The summed E-state index contributed by atoms with van der Waals surface area (Å²) in [6.45, 7) is -0.433. The summed E-state index contributed by atoms with van der Waals surface area (Å²) >= 11 is 0. The Balaban J connectivity index is 2.83. The Morgan fingerprint density at radius 1 is 1.54 bits per heavy atom. The minimum absolute atomic E-state index is 0.300. The van der Waals surface area contributed by atoms with Crippen molar-refractivity contribution in [1.29, 1.82) is 5.26 Å². The second-order valence-electron chi connectivity index (χ2n) is 2.82. The number of alkyl halides is 1. The molecular weight excluding hydrogens is 167 g/mol. The molecule has 0 aliphatic carbocycles. The summed E-state index contributed by atoms with van der Waals surface area (Å²) in [5.74, 6) is 0. The Bertz CT molecular complexity index is 317. The molecule has 0 heterocycles. The van der Waals surface area contributed by atoms with Crippen LogP contribution in [0.2, 0.25) is 0 Å². The van der Waals surface area contributed by atoms with Gasteiger partial charge in [0.1, 0.15) is 0 Å².